The second kappa shape index (κ2) is 12.0. The Labute approximate surface area is 184 Å². The summed E-state index contributed by atoms with van der Waals surface area (Å²) in [4.78, 5) is -0.0666. The summed E-state index contributed by atoms with van der Waals surface area (Å²) in [5, 5.41) is 15.9. The Morgan fingerprint density at radius 2 is 1.71 bits per heavy atom. The van der Waals surface area contributed by atoms with Gasteiger partial charge >= 0.3 is 0 Å². The Bertz CT molecular complexity index is 1040. The SMILES string of the molecule is COc1cc(C=NN=C(N)NO)c(Cl)c(OC)c1OC.Cc1ccc(S(=O)(=O)O)cc1. The number of aryl methyl sites for hydroxylation is 1. The van der Waals surface area contributed by atoms with E-state index in [1.165, 1.54) is 39.7 Å². The van der Waals surface area contributed by atoms with E-state index in [4.69, 9.17) is 41.3 Å². The number of nitrogens with zero attached hydrogens (tertiary/aromatic N) is 2. The molecule has 170 valence electrons. The smallest absolute Gasteiger partial charge is 0.294 e. The minimum atomic E-state index is -4.02. The molecule has 0 heterocycles. The molecule has 0 saturated heterocycles. The number of hydroxylamine groups is 1. The van der Waals surface area contributed by atoms with Crippen LogP contribution in [0.15, 0.2) is 45.4 Å². The van der Waals surface area contributed by atoms with Gasteiger partial charge in [0.25, 0.3) is 10.1 Å². The molecule has 13 heteroatoms. The van der Waals surface area contributed by atoms with E-state index in [-0.39, 0.29) is 15.9 Å². The number of nitrogens with two attached hydrogens (primary N) is 1. The number of halogens is 1. The number of nitrogens with one attached hydrogen (secondary N) is 1. The van der Waals surface area contributed by atoms with Crippen molar-refractivity contribution < 1.29 is 32.4 Å². The fourth-order valence-corrected chi connectivity index (χ4v) is 2.87. The molecule has 2 aromatic rings. The van der Waals surface area contributed by atoms with Gasteiger partial charge < -0.3 is 19.9 Å². The second-order valence-corrected chi connectivity index (χ2v) is 7.48. The molecular weight excluding hydrogens is 452 g/mol. The monoisotopic (exact) mass is 474 g/mol. The summed E-state index contributed by atoms with van der Waals surface area (Å²) in [6.45, 7) is 1.84. The van der Waals surface area contributed by atoms with Gasteiger partial charge in [-0.2, -0.15) is 13.5 Å². The lowest BCUT2D eigenvalue weighted by Gasteiger charge is -2.14. The van der Waals surface area contributed by atoms with Crippen molar-refractivity contribution in [2.75, 3.05) is 21.3 Å². The van der Waals surface area contributed by atoms with Crippen LogP contribution >= 0.6 is 11.6 Å². The summed E-state index contributed by atoms with van der Waals surface area (Å²) in [6, 6.07) is 7.59. The van der Waals surface area contributed by atoms with Crippen LogP contribution < -0.4 is 25.4 Å². The van der Waals surface area contributed by atoms with Crippen LogP contribution in [0, 0.1) is 6.92 Å². The number of hydrogen-bond donors (Lipinski definition) is 4. The van der Waals surface area contributed by atoms with Crippen LogP contribution in [0.4, 0.5) is 0 Å². The molecule has 0 bridgehead atoms. The number of guanidine groups is 1. The van der Waals surface area contributed by atoms with E-state index in [1.54, 1.807) is 23.7 Å². The first-order chi connectivity index (χ1) is 14.6. The molecule has 5 N–H and O–H groups in total. The van der Waals surface area contributed by atoms with Crippen molar-refractivity contribution >= 4 is 33.9 Å². The number of rotatable bonds is 6. The average Bonchev–Trinajstić information content (AvgIpc) is 2.74. The Balaban J connectivity index is 0.000000367. The van der Waals surface area contributed by atoms with Crippen molar-refractivity contribution in [1.29, 1.82) is 0 Å². The summed E-state index contributed by atoms with van der Waals surface area (Å²) in [7, 11) is 0.393. The van der Waals surface area contributed by atoms with E-state index in [0.717, 1.165) is 5.56 Å². The van der Waals surface area contributed by atoms with E-state index in [9.17, 15) is 8.42 Å². The predicted molar refractivity (Wildman–Crippen MR) is 116 cm³/mol. The van der Waals surface area contributed by atoms with Gasteiger partial charge in [-0.1, -0.05) is 29.3 Å². The fraction of sp³-hybridized carbons (Fsp3) is 0.222. The molecule has 0 atom stereocenters. The lowest BCUT2D eigenvalue weighted by atomic mass is 10.2. The minimum absolute atomic E-state index is 0.0666. The van der Waals surface area contributed by atoms with Gasteiger partial charge in [-0.3, -0.25) is 9.76 Å². The highest BCUT2D eigenvalue weighted by atomic mass is 35.5. The van der Waals surface area contributed by atoms with Crippen LogP contribution in [0.3, 0.4) is 0 Å². The highest BCUT2D eigenvalue weighted by Crippen LogP contribution is 2.44. The summed E-state index contributed by atoms with van der Waals surface area (Å²) in [6.07, 6.45) is 1.33. The normalized spacial score (nSPS) is 11.5. The maximum absolute atomic E-state index is 10.5. The molecule has 0 spiro atoms. The molecule has 0 saturated carbocycles. The molecule has 0 fully saturated rings. The third-order valence-electron chi connectivity index (χ3n) is 3.59. The zero-order chi connectivity index (χ0) is 23.6. The van der Waals surface area contributed by atoms with Gasteiger partial charge in [0, 0.05) is 5.56 Å². The fourth-order valence-electron chi connectivity index (χ4n) is 2.12. The van der Waals surface area contributed by atoms with Crippen molar-refractivity contribution in [2.45, 2.75) is 11.8 Å². The highest BCUT2D eigenvalue weighted by Gasteiger charge is 2.18. The molecule has 31 heavy (non-hydrogen) atoms. The maximum Gasteiger partial charge on any atom is 0.294 e. The molecule has 0 amide bonds. The van der Waals surface area contributed by atoms with Gasteiger partial charge in [0.05, 0.1) is 37.5 Å². The zero-order valence-electron chi connectivity index (χ0n) is 17.2. The van der Waals surface area contributed by atoms with Crippen molar-refractivity contribution in [2.24, 2.45) is 15.9 Å². The minimum Gasteiger partial charge on any atom is -0.493 e. The Kier molecular flexibility index (Phi) is 10.0. The van der Waals surface area contributed by atoms with E-state index in [0.29, 0.717) is 22.8 Å². The summed E-state index contributed by atoms with van der Waals surface area (Å²) in [5.74, 6) is 0.849. The largest absolute Gasteiger partial charge is 0.493 e. The average molecular weight is 475 g/mol. The molecule has 11 nitrogen and oxygen atoms in total. The molecule has 0 radical (unpaired) electrons. The quantitative estimate of drug-likeness (QED) is 0.212. The number of hydrogen-bond acceptors (Lipinski definition) is 8. The molecule has 2 rings (SSSR count). The number of ether oxygens (including phenoxy) is 3. The molecule has 0 aliphatic heterocycles. The number of benzene rings is 2. The van der Waals surface area contributed by atoms with Gasteiger partial charge in [-0.25, -0.2) is 5.48 Å². The molecule has 2 aromatic carbocycles. The van der Waals surface area contributed by atoms with Gasteiger partial charge in [-0.15, -0.1) is 5.10 Å². The summed E-state index contributed by atoms with van der Waals surface area (Å²) in [5.41, 5.74) is 8.28. The van der Waals surface area contributed by atoms with E-state index in [2.05, 4.69) is 10.2 Å². The maximum atomic E-state index is 10.5. The van der Waals surface area contributed by atoms with Crippen LogP contribution in [0.2, 0.25) is 5.02 Å². The lowest BCUT2D eigenvalue weighted by Crippen LogP contribution is -2.27. The van der Waals surface area contributed by atoms with Crippen molar-refractivity contribution in [3.63, 3.8) is 0 Å². The molecule has 0 unspecified atom stereocenters. The molecule has 0 aliphatic rings. The van der Waals surface area contributed by atoms with E-state index >= 15 is 0 Å². The molecule has 0 aromatic heterocycles. The van der Waals surface area contributed by atoms with E-state index in [1.807, 2.05) is 6.92 Å². The van der Waals surface area contributed by atoms with Gasteiger partial charge in [0.2, 0.25) is 11.7 Å². The topological polar surface area (TPSA) is 165 Å². The third kappa shape index (κ3) is 7.61. The summed E-state index contributed by atoms with van der Waals surface area (Å²) >= 11 is 6.17. The van der Waals surface area contributed by atoms with Crippen LogP contribution in [-0.4, -0.2) is 51.7 Å². The lowest BCUT2D eigenvalue weighted by molar-refractivity contribution is 0.232. The Hall–Kier alpha value is -3.06. The van der Waals surface area contributed by atoms with Crippen molar-refractivity contribution in [1.82, 2.24) is 5.48 Å². The highest BCUT2D eigenvalue weighted by molar-refractivity contribution is 7.85. The second-order valence-electron chi connectivity index (χ2n) is 5.68. The van der Waals surface area contributed by atoms with E-state index < -0.39 is 10.1 Å². The van der Waals surface area contributed by atoms with Gasteiger partial charge in [-0.05, 0) is 25.1 Å². The van der Waals surface area contributed by atoms with Crippen molar-refractivity contribution in [3.8, 4) is 17.2 Å². The van der Waals surface area contributed by atoms with Crippen LogP contribution in [0.5, 0.6) is 17.2 Å². The first-order valence-electron chi connectivity index (χ1n) is 8.38. The van der Waals surface area contributed by atoms with Crippen molar-refractivity contribution in [3.05, 3.63) is 46.5 Å². The van der Waals surface area contributed by atoms with Gasteiger partial charge in [0.15, 0.2) is 11.5 Å². The number of methoxy groups -OCH3 is 3. The van der Waals surface area contributed by atoms with Crippen LogP contribution in [0.1, 0.15) is 11.1 Å². The standard InChI is InChI=1S/C11H15ClN4O4.C7H8O3S/c1-18-7-4-6(5-14-15-11(13)16-17)8(12)10(20-3)9(7)19-2;1-6-2-4-7(5-3-6)11(8,9)10/h4-5,17H,1-3H3,(H3,13,15,16);2-5H,1H3,(H,8,9,10). The first-order valence-corrected chi connectivity index (χ1v) is 10.2. The first kappa shape index (κ1) is 26.0. The molecular formula is C18H23ClN4O7S. The predicted octanol–water partition coefficient (Wildman–Crippen LogP) is 2.23. The Morgan fingerprint density at radius 3 is 2.16 bits per heavy atom. The zero-order valence-corrected chi connectivity index (χ0v) is 18.7. The third-order valence-corrected chi connectivity index (χ3v) is 4.85. The van der Waals surface area contributed by atoms with Crippen LogP contribution in [0.25, 0.3) is 0 Å². The Morgan fingerprint density at radius 1 is 1.13 bits per heavy atom. The summed E-state index contributed by atoms with van der Waals surface area (Å²) < 4.78 is 45.1. The van der Waals surface area contributed by atoms with Crippen LogP contribution in [-0.2, 0) is 10.1 Å². The molecule has 0 aliphatic carbocycles. The van der Waals surface area contributed by atoms with Gasteiger partial charge in [0.1, 0.15) is 0 Å².